The van der Waals surface area contributed by atoms with Crippen LogP contribution in [-0.2, 0) is 23.8 Å². The minimum absolute atomic E-state index is 0.0384. The minimum Gasteiger partial charge on any atom is -0.466 e. The number of rotatable bonds is 4. The molecule has 11 heteroatoms. The normalized spacial score (nSPS) is 14.4. The molecule has 0 N–H and O–H groups in total. The van der Waals surface area contributed by atoms with Gasteiger partial charge in [-0.25, -0.2) is 9.59 Å². The summed E-state index contributed by atoms with van der Waals surface area (Å²) in [5.74, 6) is -0.592. The fourth-order valence-corrected chi connectivity index (χ4v) is 3.87. The molecule has 1 aromatic carbocycles. The lowest BCUT2D eigenvalue weighted by Crippen LogP contribution is -2.38. The van der Waals surface area contributed by atoms with Crippen molar-refractivity contribution in [1.82, 2.24) is 19.8 Å². The number of anilines is 1. The highest BCUT2D eigenvalue weighted by molar-refractivity contribution is 7.19. The highest BCUT2D eigenvalue weighted by atomic mass is 32.1. The van der Waals surface area contributed by atoms with Crippen molar-refractivity contribution < 1.29 is 23.8 Å². The lowest BCUT2D eigenvalue weighted by molar-refractivity contribution is -0.140. The molecule has 29 heavy (non-hydrogen) atoms. The average Bonchev–Trinajstić information content (AvgIpc) is 3.34. The Morgan fingerprint density at radius 2 is 1.97 bits per heavy atom. The number of ether oxygens (including phenoxy) is 3. The number of nitrogens with zero attached hydrogens (tertiary/aromatic N) is 5. The number of benzene rings is 1. The molecule has 0 bridgehead atoms. The summed E-state index contributed by atoms with van der Waals surface area (Å²) in [4.78, 5) is 26.9. The van der Waals surface area contributed by atoms with Crippen LogP contribution in [-0.4, -0.2) is 59.3 Å². The summed E-state index contributed by atoms with van der Waals surface area (Å²) in [6.07, 6.45) is 0. The van der Waals surface area contributed by atoms with E-state index in [0.29, 0.717) is 16.5 Å². The first-order valence-corrected chi connectivity index (χ1v) is 9.39. The number of esters is 2. The van der Waals surface area contributed by atoms with E-state index in [2.05, 4.69) is 15.3 Å². The van der Waals surface area contributed by atoms with Gasteiger partial charge in [0.1, 0.15) is 17.4 Å². The maximum Gasteiger partial charge on any atom is 0.355 e. The van der Waals surface area contributed by atoms with Gasteiger partial charge in [0.2, 0.25) is 4.96 Å². The van der Waals surface area contributed by atoms with Crippen LogP contribution in [0.5, 0.6) is 0 Å². The van der Waals surface area contributed by atoms with E-state index in [1.165, 1.54) is 25.6 Å². The molecule has 0 unspecified atom stereocenters. The number of carbonyl (C=O) groups excluding carboxylic acids is 2. The number of hydrogen-bond acceptors (Lipinski definition) is 10. The number of hydrogen-bond donors (Lipinski definition) is 0. The topological polar surface area (TPSA) is 108 Å². The molecule has 2 aromatic heterocycles. The fraction of sp³-hybridized carbons (Fsp3) is 0.278. The molecule has 3 aromatic rings. The summed E-state index contributed by atoms with van der Waals surface area (Å²) in [6, 6.07) is 7.40. The Morgan fingerprint density at radius 3 is 2.69 bits per heavy atom. The molecule has 3 heterocycles. The van der Waals surface area contributed by atoms with Gasteiger partial charge in [-0.05, 0) is 19.1 Å². The van der Waals surface area contributed by atoms with Crippen molar-refractivity contribution >= 4 is 33.9 Å². The smallest absolute Gasteiger partial charge is 0.355 e. The van der Waals surface area contributed by atoms with Crippen LogP contribution < -0.4 is 4.90 Å². The van der Waals surface area contributed by atoms with Gasteiger partial charge in [0.05, 0.1) is 26.4 Å². The van der Waals surface area contributed by atoms with Crippen LogP contribution in [0.25, 0.3) is 15.5 Å². The Labute approximate surface area is 169 Å². The monoisotopic (exact) mass is 415 g/mol. The van der Waals surface area contributed by atoms with E-state index in [4.69, 9.17) is 14.2 Å². The maximum atomic E-state index is 12.4. The van der Waals surface area contributed by atoms with E-state index in [-0.39, 0.29) is 24.6 Å². The molecule has 0 amide bonds. The van der Waals surface area contributed by atoms with E-state index in [1.807, 2.05) is 31.2 Å². The molecule has 1 aliphatic rings. The molecule has 1 aliphatic heterocycles. The number of fused-ring (bicyclic) bond motifs is 1. The number of aromatic nitrogens is 4. The fourth-order valence-electron chi connectivity index (χ4n) is 2.99. The Hall–Kier alpha value is -3.31. The van der Waals surface area contributed by atoms with Gasteiger partial charge in [-0.2, -0.15) is 9.61 Å². The van der Waals surface area contributed by atoms with Gasteiger partial charge in [-0.1, -0.05) is 23.5 Å². The number of carbonyl (C=O) groups is 2. The molecular weight excluding hydrogens is 398 g/mol. The molecular formula is C18H17N5O5S. The van der Waals surface area contributed by atoms with E-state index < -0.39 is 11.9 Å². The quantitative estimate of drug-likeness (QED) is 0.587. The molecule has 4 rings (SSSR count). The van der Waals surface area contributed by atoms with Crippen LogP contribution >= 0.6 is 11.3 Å². The third-order valence-corrected chi connectivity index (χ3v) is 5.33. The molecule has 150 valence electrons. The van der Waals surface area contributed by atoms with Gasteiger partial charge in [0.25, 0.3) is 0 Å². The third kappa shape index (κ3) is 3.34. The van der Waals surface area contributed by atoms with Crippen molar-refractivity contribution in [2.45, 2.75) is 6.92 Å². The van der Waals surface area contributed by atoms with E-state index >= 15 is 0 Å². The standard InChI is InChI=1S/C18H17N5O5S/c1-10-19-20-18-23(10)21-15(29-18)11-5-4-6-12(7-11)22-9-28-8-13(16(24)26-2)14(22)17(25)27-3/h4-7H,8-9H2,1-3H3. The van der Waals surface area contributed by atoms with Gasteiger partial charge in [0, 0.05) is 11.3 Å². The first-order chi connectivity index (χ1) is 14.0. The summed E-state index contributed by atoms with van der Waals surface area (Å²) < 4.78 is 16.9. The van der Waals surface area contributed by atoms with Gasteiger partial charge in [-0.15, -0.1) is 10.2 Å². The van der Waals surface area contributed by atoms with Crippen LogP contribution in [0.15, 0.2) is 35.5 Å². The van der Waals surface area contributed by atoms with E-state index in [0.717, 1.165) is 10.6 Å². The van der Waals surface area contributed by atoms with Crippen molar-refractivity contribution in [3.8, 4) is 10.6 Å². The summed E-state index contributed by atoms with van der Waals surface area (Å²) >= 11 is 1.40. The second-order valence-corrected chi connectivity index (χ2v) is 7.07. The minimum atomic E-state index is -0.645. The zero-order valence-electron chi connectivity index (χ0n) is 15.9. The van der Waals surface area contributed by atoms with Crippen LogP contribution in [0.1, 0.15) is 5.82 Å². The zero-order valence-corrected chi connectivity index (χ0v) is 16.7. The highest BCUT2D eigenvalue weighted by Gasteiger charge is 2.32. The van der Waals surface area contributed by atoms with Gasteiger partial charge in [-0.3, -0.25) is 0 Å². The Kier molecular flexibility index (Phi) is 4.99. The molecule has 0 aliphatic carbocycles. The molecule has 0 atom stereocenters. The predicted octanol–water partition coefficient (Wildman–Crippen LogP) is 1.56. The van der Waals surface area contributed by atoms with Gasteiger partial charge >= 0.3 is 11.9 Å². The molecule has 0 saturated heterocycles. The molecule has 0 fully saturated rings. The Bertz CT molecular complexity index is 1130. The first-order valence-electron chi connectivity index (χ1n) is 8.57. The second kappa shape index (κ2) is 7.60. The lowest BCUT2D eigenvalue weighted by atomic mass is 10.1. The molecule has 0 radical (unpaired) electrons. The SMILES string of the molecule is COC(=O)C1=C(C(=O)OC)N(c2cccc(-c3nn4c(C)nnc4s3)c2)COC1. The molecule has 0 spiro atoms. The lowest BCUT2D eigenvalue weighted by Gasteiger charge is -2.31. The van der Waals surface area contributed by atoms with Crippen LogP contribution in [0.2, 0.25) is 0 Å². The van der Waals surface area contributed by atoms with Crippen LogP contribution in [0.4, 0.5) is 5.69 Å². The first kappa shape index (κ1) is 19.0. The summed E-state index contributed by atoms with van der Waals surface area (Å²) in [5, 5.41) is 13.4. The van der Waals surface area contributed by atoms with E-state index in [1.54, 1.807) is 9.42 Å². The summed E-state index contributed by atoms with van der Waals surface area (Å²) in [5.41, 5.74) is 1.67. The van der Waals surface area contributed by atoms with Crippen LogP contribution in [0.3, 0.4) is 0 Å². The molecule has 0 saturated carbocycles. The highest BCUT2D eigenvalue weighted by Crippen LogP contribution is 2.32. The Morgan fingerprint density at radius 1 is 1.17 bits per heavy atom. The van der Waals surface area contributed by atoms with Gasteiger partial charge < -0.3 is 19.1 Å². The van der Waals surface area contributed by atoms with Crippen molar-refractivity contribution in [2.24, 2.45) is 0 Å². The zero-order chi connectivity index (χ0) is 20.5. The largest absolute Gasteiger partial charge is 0.466 e. The summed E-state index contributed by atoms with van der Waals surface area (Å²) in [6.45, 7) is 1.87. The second-order valence-electron chi connectivity index (χ2n) is 6.12. The van der Waals surface area contributed by atoms with Crippen molar-refractivity contribution in [1.29, 1.82) is 0 Å². The number of aryl methyl sites for hydroxylation is 1. The maximum absolute atomic E-state index is 12.4. The summed E-state index contributed by atoms with van der Waals surface area (Å²) in [7, 11) is 2.51. The van der Waals surface area contributed by atoms with Crippen molar-refractivity contribution in [2.75, 3.05) is 32.5 Å². The molecule has 10 nitrogen and oxygen atoms in total. The average molecular weight is 415 g/mol. The number of methoxy groups -OCH3 is 2. The van der Waals surface area contributed by atoms with Crippen molar-refractivity contribution in [3.05, 3.63) is 41.4 Å². The Balaban J connectivity index is 1.78. The van der Waals surface area contributed by atoms with Crippen molar-refractivity contribution in [3.63, 3.8) is 0 Å². The van der Waals surface area contributed by atoms with Crippen LogP contribution in [0, 0.1) is 6.92 Å². The van der Waals surface area contributed by atoms with E-state index in [9.17, 15) is 9.59 Å². The van der Waals surface area contributed by atoms with Gasteiger partial charge in [0.15, 0.2) is 5.82 Å². The third-order valence-electron chi connectivity index (χ3n) is 4.38. The predicted molar refractivity (Wildman–Crippen MR) is 103 cm³/mol.